The van der Waals surface area contributed by atoms with Gasteiger partial charge in [0.2, 0.25) is 5.91 Å². The van der Waals surface area contributed by atoms with E-state index in [4.69, 9.17) is 14.2 Å². The fraction of sp³-hybridized carbons (Fsp3) is 0.200. The molecule has 0 aliphatic rings. The fourth-order valence-electron chi connectivity index (χ4n) is 2.82. The summed E-state index contributed by atoms with van der Waals surface area (Å²) in [6.45, 7) is 0. The molecule has 0 atom stereocenters. The van der Waals surface area contributed by atoms with Gasteiger partial charge in [-0.05, 0) is 11.6 Å². The van der Waals surface area contributed by atoms with Gasteiger partial charge >= 0.3 is 0 Å². The number of carbonyl (C=O) groups is 1. The molecule has 3 rings (SSSR count). The Balaban J connectivity index is 1.72. The lowest BCUT2D eigenvalue weighted by molar-refractivity contribution is -0.120. The minimum absolute atomic E-state index is 0.220. The maximum Gasteiger partial charge on any atom is 0.244 e. The third-order valence-corrected chi connectivity index (χ3v) is 4.16. The maximum atomic E-state index is 12.2. The third-order valence-electron chi connectivity index (χ3n) is 4.16. The highest BCUT2D eigenvalue weighted by atomic mass is 16.5. The summed E-state index contributed by atoms with van der Waals surface area (Å²) in [7, 11) is 4.65. The Labute approximate surface area is 156 Å². The van der Waals surface area contributed by atoms with Crippen molar-refractivity contribution in [3.05, 3.63) is 53.7 Å². The molecule has 0 saturated carbocycles. The van der Waals surface area contributed by atoms with E-state index in [0.29, 0.717) is 22.8 Å². The molecule has 0 saturated heterocycles. The van der Waals surface area contributed by atoms with Crippen LogP contribution in [0.4, 0.5) is 0 Å². The predicted octanol–water partition coefficient (Wildman–Crippen LogP) is 2.89. The van der Waals surface area contributed by atoms with Crippen LogP contribution in [0.2, 0.25) is 0 Å². The number of hydrogen-bond donors (Lipinski definition) is 2. The number of hydrazone groups is 1. The second kappa shape index (κ2) is 8.27. The highest BCUT2D eigenvalue weighted by Gasteiger charge is 2.12. The number of aromatic amines is 1. The molecule has 140 valence electrons. The first kappa shape index (κ1) is 18.3. The summed E-state index contributed by atoms with van der Waals surface area (Å²) >= 11 is 0. The average molecular weight is 367 g/mol. The van der Waals surface area contributed by atoms with Crippen LogP contribution in [-0.4, -0.2) is 38.4 Å². The van der Waals surface area contributed by atoms with Crippen LogP contribution in [0, 0.1) is 0 Å². The Morgan fingerprint density at radius 2 is 1.81 bits per heavy atom. The van der Waals surface area contributed by atoms with E-state index in [1.165, 1.54) is 6.21 Å². The van der Waals surface area contributed by atoms with E-state index in [1.54, 1.807) is 33.5 Å². The average Bonchev–Trinajstić information content (AvgIpc) is 3.10. The first-order chi connectivity index (χ1) is 13.2. The topological polar surface area (TPSA) is 84.9 Å². The van der Waals surface area contributed by atoms with Crippen molar-refractivity contribution in [3.8, 4) is 17.2 Å². The number of ether oxygens (including phenoxy) is 3. The first-order valence-electron chi connectivity index (χ1n) is 8.33. The number of nitrogens with one attached hydrogen (secondary N) is 2. The smallest absolute Gasteiger partial charge is 0.244 e. The Bertz CT molecular complexity index is 953. The van der Waals surface area contributed by atoms with Crippen LogP contribution < -0.4 is 19.6 Å². The lowest BCUT2D eigenvalue weighted by atomic mass is 10.1. The van der Waals surface area contributed by atoms with Crippen molar-refractivity contribution < 1.29 is 19.0 Å². The van der Waals surface area contributed by atoms with E-state index in [1.807, 2.05) is 30.5 Å². The third kappa shape index (κ3) is 4.03. The minimum Gasteiger partial charge on any atom is -0.496 e. The Kier molecular flexibility index (Phi) is 5.61. The number of carbonyl (C=O) groups excluding carboxylic acids is 1. The minimum atomic E-state index is -0.220. The van der Waals surface area contributed by atoms with E-state index in [-0.39, 0.29) is 12.3 Å². The Hall–Kier alpha value is -3.48. The zero-order valence-corrected chi connectivity index (χ0v) is 15.4. The Morgan fingerprint density at radius 3 is 2.48 bits per heavy atom. The molecule has 0 aliphatic carbocycles. The van der Waals surface area contributed by atoms with Gasteiger partial charge < -0.3 is 19.2 Å². The van der Waals surface area contributed by atoms with Crippen molar-refractivity contribution in [3.63, 3.8) is 0 Å². The molecule has 0 radical (unpaired) electrons. The van der Waals surface area contributed by atoms with Gasteiger partial charge in [-0.3, -0.25) is 4.79 Å². The van der Waals surface area contributed by atoms with Crippen molar-refractivity contribution in [1.82, 2.24) is 10.4 Å². The maximum absolute atomic E-state index is 12.2. The highest BCUT2D eigenvalue weighted by Crippen LogP contribution is 2.32. The van der Waals surface area contributed by atoms with E-state index in [0.717, 1.165) is 16.5 Å². The molecule has 0 unspecified atom stereocenters. The van der Waals surface area contributed by atoms with Crippen molar-refractivity contribution >= 4 is 23.0 Å². The van der Waals surface area contributed by atoms with Crippen LogP contribution in [0.1, 0.15) is 11.1 Å². The summed E-state index contributed by atoms with van der Waals surface area (Å²) in [5.41, 5.74) is 5.06. The van der Waals surface area contributed by atoms with Gasteiger partial charge in [-0.1, -0.05) is 18.2 Å². The molecule has 1 aromatic heterocycles. The first-order valence-corrected chi connectivity index (χ1v) is 8.33. The number of fused-ring (bicyclic) bond motifs is 1. The standard InChI is InChI=1S/C20H21N3O4/c1-25-14-9-18(26-2)16(19(10-14)27-3)12-22-23-20(24)8-13-11-21-17-7-5-4-6-15(13)17/h4-7,9-12,21H,8H2,1-3H3,(H,23,24)/b22-12-. The molecule has 3 aromatic rings. The molecule has 2 N–H and O–H groups in total. The summed E-state index contributed by atoms with van der Waals surface area (Å²) in [4.78, 5) is 15.4. The van der Waals surface area contributed by atoms with Gasteiger partial charge in [0.15, 0.2) is 0 Å². The monoisotopic (exact) mass is 367 g/mol. The molecule has 0 aliphatic heterocycles. The van der Waals surface area contributed by atoms with Crippen LogP contribution in [-0.2, 0) is 11.2 Å². The summed E-state index contributed by atoms with van der Waals surface area (Å²) < 4.78 is 15.9. The lowest BCUT2D eigenvalue weighted by Crippen LogP contribution is -2.19. The number of amides is 1. The van der Waals surface area contributed by atoms with Crippen LogP contribution in [0.5, 0.6) is 17.2 Å². The van der Waals surface area contributed by atoms with Gasteiger partial charge in [-0.15, -0.1) is 0 Å². The fourth-order valence-corrected chi connectivity index (χ4v) is 2.82. The van der Waals surface area contributed by atoms with Crippen molar-refractivity contribution in [2.75, 3.05) is 21.3 Å². The second-order valence-electron chi connectivity index (χ2n) is 5.78. The lowest BCUT2D eigenvalue weighted by Gasteiger charge is -2.12. The van der Waals surface area contributed by atoms with Gasteiger partial charge in [0.25, 0.3) is 0 Å². The summed E-state index contributed by atoms with van der Waals surface area (Å²) in [5.74, 6) is 1.44. The van der Waals surface area contributed by atoms with E-state index >= 15 is 0 Å². The molecule has 7 heteroatoms. The number of H-pyrrole nitrogens is 1. The summed E-state index contributed by atoms with van der Waals surface area (Å²) in [6, 6.07) is 11.3. The van der Waals surface area contributed by atoms with Crippen LogP contribution in [0.15, 0.2) is 47.7 Å². The van der Waals surface area contributed by atoms with Crippen molar-refractivity contribution in [2.24, 2.45) is 5.10 Å². The van der Waals surface area contributed by atoms with Crippen molar-refractivity contribution in [2.45, 2.75) is 6.42 Å². The SMILES string of the molecule is COc1cc(OC)c(/C=N\NC(=O)Cc2c[nH]c3ccccc23)c(OC)c1. The molecule has 1 amide bonds. The number of aromatic nitrogens is 1. The van der Waals surface area contributed by atoms with Crippen LogP contribution >= 0.6 is 0 Å². The molecule has 1 heterocycles. The molecule has 0 spiro atoms. The van der Waals surface area contributed by atoms with Gasteiger partial charge in [-0.25, -0.2) is 5.43 Å². The van der Waals surface area contributed by atoms with Gasteiger partial charge in [0.05, 0.1) is 39.5 Å². The number of para-hydroxylation sites is 1. The molecular weight excluding hydrogens is 346 g/mol. The number of hydrogen-bond acceptors (Lipinski definition) is 5. The van der Waals surface area contributed by atoms with Crippen LogP contribution in [0.3, 0.4) is 0 Å². The van der Waals surface area contributed by atoms with E-state index in [2.05, 4.69) is 15.5 Å². The van der Waals surface area contributed by atoms with Crippen molar-refractivity contribution in [1.29, 1.82) is 0 Å². The number of nitrogens with zero attached hydrogens (tertiary/aromatic N) is 1. The predicted molar refractivity (Wildman–Crippen MR) is 104 cm³/mol. The van der Waals surface area contributed by atoms with Gasteiger partial charge in [0.1, 0.15) is 17.2 Å². The van der Waals surface area contributed by atoms with Gasteiger partial charge in [0, 0.05) is 29.2 Å². The molecular formula is C20H21N3O4. The number of benzene rings is 2. The number of rotatable bonds is 7. The highest BCUT2D eigenvalue weighted by molar-refractivity contribution is 5.91. The van der Waals surface area contributed by atoms with E-state index < -0.39 is 0 Å². The molecule has 0 fully saturated rings. The largest absolute Gasteiger partial charge is 0.496 e. The molecule has 0 bridgehead atoms. The molecule has 2 aromatic carbocycles. The normalized spacial score (nSPS) is 10.9. The van der Waals surface area contributed by atoms with E-state index in [9.17, 15) is 4.79 Å². The molecule has 7 nitrogen and oxygen atoms in total. The van der Waals surface area contributed by atoms with Crippen LogP contribution in [0.25, 0.3) is 10.9 Å². The zero-order chi connectivity index (χ0) is 19.2. The second-order valence-corrected chi connectivity index (χ2v) is 5.78. The summed E-state index contributed by atoms with van der Waals surface area (Å²) in [6.07, 6.45) is 3.55. The molecule has 27 heavy (non-hydrogen) atoms. The summed E-state index contributed by atoms with van der Waals surface area (Å²) in [5, 5.41) is 5.06. The quantitative estimate of drug-likeness (QED) is 0.497. The zero-order valence-electron chi connectivity index (χ0n) is 15.4. The Morgan fingerprint density at radius 1 is 1.11 bits per heavy atom. The number of methoxy groups -OCH3 is 3. The van der Waals surface area contributed by atoms with Gasteiger partial charge in [-0.2, -0.15) is 5.10 Å².